The fourth-order valence-corrected chi connectivity index (χ4v) is 2.09. The van der Waals surface area contributed by atoms with Crippen molar-refractivity contribution in [2.24, 2.45) is 0 Å². The number of Topliss-reactive ketones (excluding diaryl/α,β-unsaturated/α-hetero) is 1. The smallest absolute Gasteiger partial charge is 0.159 e. The molecule has 0 aliphatic carbocycles. The van der Waals surface area contributed by atoms with Crippen LogP contribution in [0.1, 0.15) is 28.4 Å². The van der Waals surface area contributed by atoms with E-state index in [4.69, 9.17) is 4.74 Å². The van der Waals surface area contributed by atoms with Crippen molar-refractivity contribution in [3.8, 4) is 11.5 Å². The molecule has 0 aromatic heterocycles. The molecular weight excluding hydrogens is 304 g/mol. The first-order valence-corrected chi connectivity index (χ1v) is 6.82. The van der Waals surface area contributed by atoms with Crippen LogP contribution in [0.2, 0.25) is 0 Å². The van der Waals surface area contributed by atoms with E-state index in [9.17, 15) is 4.79 Å². The van der Waals surface area contributed by atoms with Crippen molar-refractivity contribution in [3.05, 3.63) is 57.6 Å². The van der Waals surface area contributed by atoms with Gasteiger partial charge in [0.15, 0.2) is 5.78 Å². The largest absolute Gasteiger partial charge is 0.457 e. The molecule has 0 aliphatic rings. The van der Waals surface area contributed by atoms with Gasteiger partial charge in [-0.15, -0.1) is 0 Å². The molecule has 2 rings (SSSR count). The molecule has 0 heterocycles. The number of ketones is 1. The lowest BCUT2D eigenvalue weighted by atomic mass is 10.1. The second kappa shape index (κ2) is 5.57. The molecule has 0 fully saturated rings. The normalized spacial score (nSPS) is 10.3. The topological polar surface area (TPSA) is 26.3 Å². The zero-order valence-electron chi connectivity index (χ0n) is 11.2. The van der Waals surface area contributed by atoms with Crippen LogP contribution in [-0.4, -0.2) is 5.78 Å². The summed E-state index contributed by atoms with van der Waals surface area (Å²) >= 11 is 3.53. The van der Waals surface area contributed by atoms with Gasteiger partial charge in [-0.1, -0.05) is 15.9 Å². The van der Waals surface area contributed by atoms with E-state index in [0.29, 0.717) is 5.56 Å². The molecule has 0 aliphatic heterocycles. The van der Waals surface area contributed by atoms with Crippen molar-refractivity contribution in [2.75, 3.05) is 0 Å². The van der Waals surface area contributed by atoms with E-state index in [1.165, 1.54) is 0 Å². The molecule has 0 unspecified atom stereocenters. The average molecular weight is 319 g/mol. The van der Waals surface area contributed by atoms with Crippen LogP contribution in [0.3, 0.4) is 0 Å². The van der Waals surface area contributed by atoms with Gasteiger partial charge in [0.1, 0.15) is 11.5 Å². The van der Waals surface area contributed by atoms with Crippen LogP contribution in [0.25, 0.3) is 0 Å². The Bertz CT molecular complexity index is 592. The number of halogens is 1. The van der Waals surface area contributed by atoms with E-state index in [2.05, 4.69) is 15.9 Å². The molecule has 0 saturated carbocycles. The minimum atomic E-state index is 0.0573. The number of rotatable bonds is 3. The molecule has 2 nitrogen and oxygen atoms in total. The molecule has 0 atom stereocenters. The van der Waals surface area contributed by atoms with Gasteiger partial charge in [0.05, 0.1) is 0 Å². The second-order valence-corrected chi connectivity index (χ2v) is 5.35. The molecule has 2 aromatic carbocycles. The van der Waals surface area contributed by atoms with Gasteiger partial charge in [-0.3, -0.25) is 4.79 Å². The van der Waals surface area contributed by atoms with E-state index in [0.717, 1.165) is 27.1 Å². The third kappa shape index (κ3) is 3.24. The number of ether oxygens (including phenoxy) is 1. The highest BCUT2D eigenvalue weighted by atomic mass is 79.9. The van der Waals surface area contributed by atoms with Gasteiger partial charge in [0.25, 0.3) is 0 Å². The predicted octanol–water partition coefficient (Wildman–Crippen LogP) is 5.06. The van der Waals surface area contributed by atoms with Crippen LogP contribution in [-0.2, 0) is 0 Å². The maximum atomic E-state index is 11.2. The van der Waals surface area contributed by atoms with Crippen molar-refractivity contribution in [2.45, 2.75) is 20.8 Å². The van der Waals surface area contributed by atoms with Crippen LogP contribution in [0.15, 0.2) is 40.9 Å². The zero-order valence-corrected chi connectivity index (χ0v) is 12.7. The van der Waals surface area contributed by atoms with Crippen LogP contribution in [0, 0.1) is 13.8 Å². The number of aryl methyl sites for hydroxylation is 2. The van der Waals surface area contributed by atoms with Gasteiger partial charge < -0.3 is 4.74 Å². The van der Waals surface area contributed by atoms with Crippen LogP contribution in [0.4, 0.5) is 0 Å². The molecule has 98 valence electrons. The Balaban J connectivity index is 2.24. The van der Waals surface area contributed by atoms with E-state index in [1.54, 1.807) is 19.1 Å². The first kappa shape index (κ1) is 13.8. The van der Waals surface area contributed by atoms with Gasteiger partial charge in [-0.05, 0) is 68.3 Å². The van der Waals surface area contributed by atoms with Gasteiger partial charge in [0, 0.05) is 10.0 Å². The summed E-state index contributed by atoms with van der Waals surface area (Å²) in [5.41, 5.74) is 2.96. The number of benzene rings is 2. The predicted molar refractivity (Wildman–Crippen MR) is 80.1 cm³/mol. The van der Waals surface area contributed by atoms with Gasteiger partial charge in [-0.2, -0.15) is 0 Å². The Hall–Kier alpha value is -1.61. The Kier molecular flexibility index (Phi) is 4.05. The molecule has 19 heavy (non-hydrogen) atoms. The molecule has 0 N–H and O–H groups in total. The summed E-state index contributed by atoms with van der Waals surface area (Å²) < 4.78 is 6.90. The van der Waals surface area contributed by atoms with E-state index >= 15 is 0 Å². The summed E-state index contributed by atoms with van der Waals surface area (Å²) in [4.78, 5) is 11.2. The highest BCUT2D eigenvalue weighted by Gasteiger charge is 2.05. The van der Waals surface area contributed by atoms with Crippen molar-refractivity contribution in [1.29, 1.82) is 0 Å². The summed E-state index contributed by atoms with van der Waals surface area (Å²) in [6, 6.07) is 11.1. The Morgan fingerprint density at radius 3 is 2.00 bits per heavy atom. The SMILES string of the molecule is CC(=O)c1ccc(Oc2cc(C)c(Br)c(C)c2)cc1. The van der Waals surface area contributed by atoms with E-state index < -0.39 is 0 Å². The molecule has 0 radical (unpaired) electrons. The van der Waals surface area contributed by atoms with Crippen LogP contribution < -0.4 is 4.74 Å². The summed E-state index contributed by atoms with van der Waals surface area (Å²) in [6.45, 7) is 5.61. The summed E-state index contributed by atoms with van der Waals surface area (Å²) in [5.74, 6) is 1.58. The summed E-state index contributed by atoms with van der Waals surface area (Å²) in [6.07, 6.45) is 0. The Morgan fingerprint density at radius 1 is 1.00 bits per heavy atom. The lowest BCUT2D eigenvalue weighted by Crippen LogP contribution is -1.92. The molecule has 0 amide bonds. The Labute approximate surface area is 121 Å². The van der Waals surface area contributed by atoms with Crippen molar-refractivity contribution >= 4 is 21.7 Å². The quantitative estimate of drug-likeness (QED) is 0.739. The van der Waals surface area contributed by atoms with E-state index in [1.807, 2.05) is 38.1 Å². The molecule has 0 spiro atoms. The average Bonchev–Trinajstić information content (AvgIpc) is 2.36. The third-order valence-corrected chi connectivity index (χ3v) is 4.16. The highest BCUT2D eigenvalue weighted by molar-refractivity contribution is 9.10. The summed E-state index contributed by atoms with van der Waals surface area (Å²) in [5, 5.41) is 0. The molecule has 2 aromatic rings. The number of hydrogen-bond donors (Lipinski definition) is 0. The fourth-order valence-electron chi connectivity index (χ4n) is 1.86. The maximum Gasteiger partial charge on any atom is 0.159 e. The Morgan fingerprint density at radius 2 is 1.53 bits per heavy atom. The van der Waals surface area contributed by atoms with E-state index in [-0.39, 0.29) is 5.78 Å². The first-order chi connectivity index (χ1) is 8.97. The van der Waals surface area contributed by atoms with Crippen molar-refractivity contribution in [1.82, 2.24) is 0 Å². The first-order valence-electron chi connectivity index (χ1n) is 6.03. The van der Waals surface area contributed by atoms with Crippen molar-refractivity contribution < 1.29 is 9.53 Å². The molecule has 0 bridgehead atoms. The maximum absolute atomic E-state index is 11.2. The summed E-state index contributed by atoms with van der Waals surface area (Å²) in [7, 11) is 0. The number of hydrogen-bond acceptors (Lipinski definition) is 2. The number of carbonyl (C=O) groups excluding carboxylic acids is 1. The van der Waals surface area contributed by atoms with Crippen LogP contribution in [0.5, 0.6) is 11.5 Å². The monoisotopic (exact) mass is 318 g/mol. The third-order valence-electron chi connectivity index (χ3n) is 2.91. The molecular formula is C16H15BrO2. The standard InChI is InChI=1S/C16H15BrO2/c1-10-8-15(9-11(2)16(10)17)19-14-6-4-13(5-7-14)12(3)18/h4-9H,1-3H3. The minimum Gasteiger partial charge on any atom is -0.457 e. The van der Waals surface area contributed by atoms with Gasteiger partial charge in [-0.25, -0.2) is 0 Å². The molecule has 3 heteroatoms. The minimum absolute atomic E-state index is 0.0573. The zero-order chi connectivity index (χ0) is 14.0. The lowest BCUT2D eigenvalue weighted by Gasteiger charge is -2.10. The lowest BCUT2D eigenvalue weighted by molar-refractivity contribution is 0.101. The van der Waals surface area contributed by atoms with Gasteiger partial charge in [0.2, 0.25) is 0 Å². The highest BCUT2D eigenvalue weighted by Crippen LogP contribution is 2.29. The van der Waals surface area contributed by atoms with Gasteiger partial charge >= 0.3 is 0 Å². The fraction of sp³-hybridized carbons (Fsp3) is 0.188. The molecule has 0 saturated heterocycles. The van der Waals surface area contributed by atoms with Crippen molar-refractivity contribution in [3.63, 3.8) is 0 Å². The second-order valence-electron chi connectivity index (χ2n) is 4.55. The van der Waals surface area contributed by atoms with Crippen LogP contribution >= 0.6 is 15.9 Å². The number of carbonyl (C=O) groups is 1.